The van der Waals surface area contributed by atoms with Crippen LogP contribution in [-0.4, -0.2) is 22.9 Å². The zero-order valence-corrected chi connectivity index (χ0v) is 8.70. The van der Waals surface area contributed by atoms with Crippen LogP contribution in [0.1, 0.15) is 17.2 Å². The summed E-state index contributed by atoms with van der Waals surface area (Å²) in [6.45, 7) is 1.83. The van der Waals surface area contributed by atoms with E-state index in [9.17, 15) is 10.2 Å². The molecule has 1 aromatic carbocycles. The van der Waals surface area contributed by atoms with Gasteiger partial charge in [0.25, 0.3) is 0 Å². The van der Waals surface area contributed by atoms with Crippen LogP contribution in [0.2, 0.25) is 5.02 Å². The minimum atomic E-state index is -1.02. The highest BCUT2D eigenvalue weighted by molar-refractivity contribution is 6.31. The van der Waals surface area contributed by atoms with Gasteiger partial charge in [0.15, 0.2) is 0 Å². The molecule has 0 radical (unpaired) electrons. The average molecular weight is 216 g/mol. The number of aliphatic hydroxyl groups excluding tert-OH is 2. The number of aryl methyl sites for hydroxylation is 1. The molecule has 0 saturated carbocycles. The summed E-state index contributed by atoms with van der Waals surface area (Å²) in [4.78, 5) is 0. The maximum absolute atomic E-state index is 9.74. The minimum absolute atomic E-state index is 0.00578. The highest BCUT2D eigenvalue weighted by Crippen LogP contribution is 2.28. The van der Waals surface area contributed by atoms with Crippen LogP contribution < -0.4 is 5.73 Å². The quantitative estimate of drug-likeness (QED) is 0.705. The predicted molar refractivity (Wildman–Crippen MR) is 56.2 cm³/mol. The smallest absolute Gasteiger partial charge is 0.108 e. The Morgan fingerprint density at radius 1 is 1.43 bits per heavy atom. The first-order valence-corrected chi connectivity index (χ1v) is 4.77. The van der Waals surface area contributed by atoms with E-state index in [-0.39, 0.29) is 6.54 Å². The van der Waals surface area contributed by atoms with E-state index in [0.29, 0.717) is 10.6 Å². The van der Waals surface area contributed by atoms with Crippen molar-refractivity contribution in [3.63, 3.8) is 0 Å². The lowest BCUT2D eigenvalue weighted by atomic mass is 9.99. The van der Waals surface area contributed by atoms with E-state index in [2.05, 4.69) is 0 Å². The van der Waals surface area contributed by atoms with E-state index in [1.807, 2.05) is 13.0 Å². The van der Waals surface area contributed by atoms with E-state index in [0.717, 1.165) is 5.56 Å². The third kappa shape index (κ3) is 2.25. The van der Waals surface area contributed by atoms with E-state index < -0.39 is 12.2 Å². The van der Waals surface area contributed by atoms with E-state index >= 15 is 0 Å². The van der Waals surface area contributed by atoms with Crippen LogP contribution in [0, 0.1) is 6.92 Å². The number of benzene rings is 1. The number of halogens is 1. The summed E-state index contributed by atoms with van der Waals surface area (Å²) in [7, 11) is 0. The first-order valence-electron chi connectivity index (χ1n) is 4.39. The second-order valence-electron chi connectivity index (χ2n) is 3.22. The Morgan fingerprint density at radius 3 is 2.57 bits per heavy atom. The van der Waals surface area contributed by atoms with Gasteiger partial charge in [-0.05, 0) is 18.6 Å². The average Bonchev–Trinajstić information content (AvgIpc) is 2.16. The molecule has 0 aliphatic heterocycles. The Hall–Kier alpha value is -0.610. The van der Waals surface area contributed by atoms with Crippen LogP contribution >= 0.6 is 11.6 Å². The Morgan fingerprint density at radius 2 is 2.07 bits per heavy atom. The second-order valence-corrected chi connectivity index (χ2v) is 3.63. The molecule has 1 rings (SSSR count). The minimum Gasteiger partial charge on any atom is -0.389 e. The molecule has 0 bridgehead atoms. The van der Waals surface area contributed by atoms with Gasteiger partial charge >= 0.3 is 0 Å². The molecule has 4 N–H and O–H groups in total. The van der Waals surface area contributed by atoms with Gasteiger partial charge in [0.2, 0.25) is 0 Å². The van der Waals surface area contributed by atoms with Gasteiger partial charge in [-0.3, -0.25) is 0 Å². The van der Waals surface area contributed by atoms with Crippen LogP contribution in [0.3, 0.4) is 0 Å². The number of nitrogens with two attached hydrogens (primary N) is 1. The first-order chi connectivity index (χ1) is 6.57. The molecular weight excluding hydrogens is 202 g/mol. The zero-order chi connectivity index (χ0) is 10.7. The molecule has 3 nitrogen and oxygen atoms in total. The topological polar surface area (TPSA) is 66.5 Å². The van der Waals surface area contributed by atoms with E-state index in [1.54, 1.807) is 12.1 Å². The predicted octanol–water partition coefficient (Wildman–Crippen LogP) is 1.00. The highest BCUT2D eigenvalue weighted by Gasteiger charge is 2.20. The van der Waals surface area contributed by atoms with Gasteiger partial charge in [-0.2, -0.15) is 0 Å². The van der Waals surface area contributed by atoms with Crippen molar-refractivity contribution < 1.29 is 10.2 Å². The van der Waals surface area contributed by atoms with Crippen LogP contribution in [-0.2, 0) is 0 Å². The highest BCUT2D eigenvalue weighted by atomic mass is 35.5. The summed E-state index contributed by atoms with van der Waals surface area (Å²) in [5.41, 5.74) is 6.65. The molecule has 2 atom stereocenters. The monoisotopic (exact) mass is 215 g/mol. The third-order valence-electron chi connectivity index (χ3n) is 2.17. The van der Waals surface area contributed by atoms with Crippen molar-refractivity contribution in [1.29, 1.82) is 0 Å². The Kier molecular flexibility index (Phi) is 3.89. The number of hydrogen-bond acceptors (Lipinski definition) is 3. The molecule has 0 fully saturated rings. The van der Waals surface area contributed by atoms with Crippen LogP contribution in [0.25, 0.3) is 0 Å². The fourth-order valence-corrected chi connectivity index (χ4v) is 1.67. The second kappa shape index (κ2) is 4.75. The van der Waals surface area contributed by atoms with Crippen LogP contribution in [0.4, 0.5) is 0 Å². The Balaban J connectivity index is 3.05. The summed E-state index contributed by atoms with van der Waals surface area (Å²) in [6.07, 6.45) is -2.00. The molecule has 0 saturated heterocycles. The number of aliphatic hydroxyl groups is 2. The normalized spacial score (nSPS) is 15.2. The first kappa shape index (κ1) is 11.5. The largest absolute Gasteiger partial charge is 0.389 e. The molecule has 0 aliphatic rings. The molecule has 0 aliphatic carbocycles. The van der Waals surface area contributed by atoms with Gasteiger partial charge in [-0.15, -0.1) is 0 Å². The summed E-state index contributed by atoms with van der Waals surface area (Å²) in [5.74, 6) is 0. The Labute approximate surface area is 88.1 Å². The summed E-state index contributed by atoms with van der Waals surface area (Å²) in [5, 5.41) is 19.6. The molecule has 14 heavy (non-hydrogen) atoms. The summed E-state index contributed by atoms with van der Waals surface area (Å²) < 4.78 is 0. The van der Waals surface area contributed by atoms with E-state index in [1.165, 1.54) is 0 Å². The van der Waals surface area contributed by atoms with Gasteiger partial charge in [-0.1, -0.05) is 23.7 Å². The molecule has 0 spiro atoms. The molecule has 0 amide bonds. The maximum Gasteiger partial charge on any atom is 0.108 e. The van der Waals surface area contributed by atoms with Gasteiger partial charge in [0, 0.05) is 17.1 Å². The van der Waals surface area contributed by atoms with Gasteiger partial charge < -0.3 is 15.9 Å². The van der Waals surface area contributed by atoms with E-state index in [4.69, 9.17) is 17.3 Å². The van der Waals surface area contributed by atoms with Gasteiger partial charge in [-0.25, -0.2) is 0 Å². The van der Waals surface area contributed by atoms with Crippen molar-refractivity contribution in [2.45, 2.75) is 19.1 Å². The lowest BCUT2D eigenvalue weighted by molar-refractivity contribution is 0.0240. The van der Waals surface area contributed by atoms with Crippen LogP contribution in [0.5, 0.6) is 0 Å². The Bertz CT molecular complexity index is 297. The molecule has 0 aromatic heterocycles. The van der Waals surface area contributed by atoms with Crippen molar-refractivity contribution in [3.05, 3.63) is 34.3 Å². The third-order valence-corrected chi connectivity index (χ3v) is 2.50. The molecular formula is C10H14ClNO2. The van der Waals surface area contributed by atoms with Crippen molar-refractivity contribution in [2.24, 2.45) is 5.73 Å². The van der Waals surface area contributed by atoms with Gasteiger partial charge in [0.05, 0.1) is 6.10 Å². The SMILES string of the molecule is Cc1cccc(Cl)c1C(O)C(O)CN. The van der Waals surface area contributed by atoms with Crippen molar-refractivity contribution in [2.75, 3.05) is 6.54 Å². The van der Waals surface area contributed by atoms with Crippen molar-refractivity contribution in [1.82, 2.24) is 0 Å². The summed E-state index contributed by atoms with van der Waals surface area (Å²) in [6, 6.07) is 5.30. The van der Waals surface area contributed by atoms with Crippen LogP contribution in [0.15, 0.2) is 18.2 Å². The lowest BCUT2D eigenvalue weighted by Crippen LogP contribution is -2.27. The number of hydrogen-bond donors (Lipinski definition) is 3. The fourth-order valence-electron chi connectivity index (χ4n) is 1.34. The maximum atomic E-state index is 9.74. The van der Waals surface area contributed by atoms with Crippen molar-refractivity contribution in [3.8, 4) is 0 Å². The molecule has 2 unspecified atom stereocenters. The zero-order valence-electron chi connectivity index (χ0n) is 7.94. The lowest BCUT2D eigenvalue weighted by Gasteiger charge is -2.19. The molecule has 1 aromatic rings. The molecule has 4 heteroatoms. The fraction of sp³-hybridized carbons (Fsp3) is 0.400. The van der Waals surface area contributed by atoms with Gasteiger partial charge in [0.1, 0.15) is 6.10 Å². The number of rotatable bonds is 3. The summed E-state index contributed by atoms with van der Waals surface area (Å²) >= 11 is 5.91. The van der Waals surface area contributed by atoms with Crippen molar-refractivity contribution >= 4 is 11.6 Å². The molecule has 0 heterocycles. The standard InChI is InChI=1S/C10H14ClNO2/c1-6-3-2-4-7(11)9(6)10(14)8(13)5-12/h2-4,8,10,13-14H,5,12H2,1H3. The molecule has 78 valence electrons.